The van der Waals surface area contributed by atoms with Crippen molar-refractivity contribution in [1.29, 1.82) is 0 Å². The Balaban J connectivity index is 2.01. The number of carbonyl (C=O) groups is 1. The Labute approximate surface area is 106 Å². The van der Waals surface area contributed by atoms with E-state index in [1.54, 1.807) is 12.1 Å². The van der Waals surface area contributed by atoms with Crippen LogP contribution in [0.4, 0.5) is 5.13 Å². The number of aromatic nitrogens is 3. The topological polar surface area (TPSA) is 67.8 Å². The normalized spacial score (nSPS) is 10.6. The molecule has 1 aromatic carbocycles. The molecule has 0 bridgehead atoms. The van der Waals surface area contributed by atoms with Crippen LogP contribution in [0.5, 0.6) is 0 Å². The van der Waals surface area contributed by atoms with Crippen molar-refractivity contribution in [3.05, 3.63) is 40.9 Å². The molecular formula is C10H7ClN4OS. The molecule has 5 nitrogen and oxygen atoms in total. The molecule has 0 fully saturated rings. The maximum atomic E-state index is 11.5. The zero-order chi connectivity index (χ0) is 12.1. The van der Waals surface area contributed by atoms with Crippen LogP contribution in [0, 0.1) is 0 Å². The zero-order valence-electron chi connectivity index (χ0n) is 8.50. The van der Waals surface area contributed by atoms with Crippen LogP contribution in [0.3, 0.4) is 0 Å². The van der Waals surface area contributed by atoms with Crippen LogP contribution in [-0.2, 0) is 4.79 Å². The van der Waals surface area contributed by atoms with Crippen LogP contribution in [0.15, 0.2) is 30.3 Å². The molecule has 0 saturated heterocycles. The molecule has 2 rings (SSSR count). The van der Waals surface area contributed by atoms with Crippen LogP contribution in [0.1, 0.15) is 5.56 Å². The van der Waals surface area contributed by atoms with Crippen LogP contribution < -0.4 is 5.32 Å². The van der Waals surface area contributed by atoms with Gasteiger partial charge in [0.1, 0.15) is 0 Å². The number of nitrogens with one attached hydrogen (secondary N) is 1. The van der Waals surface area contributed by atoms with E-state index in [1.807, 2.05) is 18.2 Å². The minimum atomic E-state index is -0.302. The average Bonchev–Trinajstić information content (AvgIpc) is 2.81. The molecule has 1 heterocycles. The van der Waals surface area contributed by atoms with Gasteiger partial charge >= 0.3 is 0 Å². The summed E-state index contributed by atoms with van der Waals surface area (Å²) in [5.41, 5.74) is 0.778. The van der Waals surface area contributed by atoms with Crippen molar-refractivity contribution < 1.29 is 4.79 Å². The molecule has 0 unspecified atom stereocenters. The van der Waals surface area contributed by atoms with Gasteiger partial charge in [0.2, 0.25) is 11.0 Å². The summed E-state index contributed by atoms with van der Waals surface area (Å²) in [5, 5.41) is 10.4. The minimum Gasteiger partial charge on any atom is -0.296 e. The highest BCUT2D eigenvalue weighted by molar-refractivity contribution is 7.09. The van der Waals surface area contributed by atoms with Crippen molar-refractivity contribution in [3.8, 4) is 0 Å². The second kappa shape index (κ2) is 5.51. The number of benzene rings is 1. The lowest BCUT2D eigenvalue weighted by molar-refractivity contribution is -0.111. The Bertz CT molecular complexity index is 541. The lowest BCUT2D eigenvalue weighted by atomic mass is 10.2. The molecule has 17 heavy (non-hydrogen) atoms. The van der Waals surface area contributed by atoms with Crippen molar-refractivity contribution in [1.82, 2.24) is 14.8 Å². The summed E-state index contributed by atoms with van der Waals surface area (Å²) in [5.74, 6) is -0.302. The first-order chi connectivity index (χ1) is 8.25. The molecule has 0 aliphatic rings. The molecular weight excluding hydrogens is 260 g/mol. The first-order valence-corrected chi connectivity index (χ1v) is 5.79. The standard InChI is InChI=1S/C10H7ClN4OS/c11-8-4-2-1-3-7(8)5-6-9(16)12-10-13-14-15-17-10/h1-6H,(H,12,13,15,16)/b6-5+. The largest absolute Gasteiger partial charge is 0.296 e. The first-order valence-electron chi connectivity index (χ1n) is 4.64. The van der Waals surface area contributed by atoms with Gasteiger partial charge in [-0.2, -0.15) is 0 Å². The van der Waals surface area contributed by atoms with Gasteiger partial charge in [-0.05, 0) is 22.9 Å². The van der Waals surface area contributed by atoms with E-state index in [2.05, 4.69) is 20.1 Å². The maximum absolute atomic E-state index is 11.5. The van der Waals surface area contributed by atoms with Crippen LogP contribution in [0.25, 0.3) is 6.08 Å². The Morgan fingerprint density at radius 1 is 1.41 bits per heavy atom. The highest BCUT2D eigenvalue weighted by atomic mass is 35.5. The number of amides is 1. The maximum Gasteiger partial charge on any atom is 0.250 e. The molecule has 0 spiro atoms. The van der Waals surface area contributed by atoms with E-state index in [0.29, 0.717) is 10.2 Å². The number of anilines is 1. The molecule has 0 aliphatic heterocycles. The van der Waals surface area contributed by atoms with E-state index in [4.69, 9.17) is 11.6 Å². The highest BCUT2D eigenvalue weighted by Gasteiger charge is 2.01. The van der Waals surface area contributed by atoms with Crippen LogP contribution in [-0.4, -0.2) is 20.7 Å². The van der Waals surface area contributed by atoms with Crippen molar-refractivity contribution >= 4 is 40.2 Å². The lowest BCUT2D eigenvalue weighted by Crippen LogP contribution is -2.07. The summed E-state index contributed by atoms with van der Waals surface area (Å²) in [6.07, 6.45) is 3.01. The lowest BCUT2D eigenvalue weighted by Gasteiger charge is -1.96. The Kier molecular flexibility index (Phi) is 3.79. The number of rotatable bonds is 3. The van der Waals surface area contributed by atoms with E-state index in [-0.39, 0.29) is 5.91 Å². The van der Waals surface area contributed by atoms with E-state index >= 15 is 0 Å². The van der Waals surface area contributed by atoms with Crippen molar-refractivity contribution in [2.75, 3.05) is 5.32 Å². The Morgan fingerprint density at radius 3 is 2.94 bits per heavy atom. The Morgan fingerprint density at radius 2 is 2.24 bits per heavy atom. The molecule has 0 atom stereocenters. The third-order valence-corrected chi connectivity index (χ3v) is 2.70. The number of carbonyl (C=O) groups excluding carboxylic acids is 1. The third kappa shape index (κ3) is 3.33. The summed E-state index contributed by atoms with van der Waals surface area (Å²) in [6.45, 7) is 0. The van der Waals surface area contributed by atoms with Gasteiger partial charge in [0.15, 0.2) is 0 Å². The van der Waals surface area contributed by atoms with Gasteiger partial charge in [0, 0.05) is 22.6 Å². The van der Waals surface area contributed by atoms with Crippen molar-refractivity contribution in [3.63, 3.8) is 0 Å². The quantitative estimate of drug-likeness (QED) is 0.865. The fourth-order valence-corrected chi connectivity index (χ4v) is 1.67. The molecule has 1 N–H and O–H groups in total. The number of halogens is 1. The number of hydrogen-bond acceptors (Lipinski definition) is 5. The fraction of sp³-hybridized carbons (Fsp3) is 0. The minimum absolute atomic E-state index is 0.302. The first kappa shape index (κ1) is 11.7. The predicted octanol–water partition coefficient (Wildman–Crippen LogP) is 2.24. The van der Waals surface area contributed by atoms with Gasteiger partial charge in [-0.3, -0.25) is 10.1 Å². The summed E-state index contributed by atoms with van der Waals surface area (Å²) < 4.78 is 3.53. The van der Waals surface area contributed by atoms with Gasteiger partial charge < -0.3 is 0 Å². The smallest absolute Gasteiger partial charge is 0.250 e. The zero-order valence-corrected chi connectivity index (χ0v) is 10.1. The molecule has 7 heteroatoms. The summed E-state index contributed by atoms with van der Waals surface area (Å²) in [6, 6.07) is 7.25. The van der Waals surface area contributed by atoms with E-state index in [0.717, 1.165) is 17.1 Å². The molecule has 0 aliphatic carbocycles. The van der Waals surface area contributed by atoms with Gasteiger partial charge in [0.25, 0.3) is 0 Å². The predicted molar refractivity (Wildman–Crippen MR) is 66.8 cm³/mol. The van der Waals surface area contributed by atoms with E-state index in [9.17, 15) is 4.79 Å². The summed E-state index contributed by atoms with van der Waals surface area (Å²) >= 11 is 6.95. The molecule has 1 aromatic heterocycles. The van der Waals surface area contributed by atoms with E-state index in [1.165, 1.54) is 6.08 Å². The monoisotopic (exact) mass is 266 g/mol. The number of hydrogen-bond donors (Lipinski definition) is 1. The molecule has 86 valence electrons. The summed E-state index contributed by atoms with van der Waals surface area (Å²) in [7, 11) is 0. The van der Waals surface area contributed by atoms with Crippen molar-refractivity contribution in [2.45, 2.75) is 0 Å². The SMILES string of the molecule is O=C(/C=C/c1ccccc1Cl)Nc1nnns1. The van der Waals surface area contributed by atoms with Crippen LogP contribution >= 0.6 is 23.1 Å². The highest BCUT2D eigenvalue weighted by Crippen LogP contribution is 2.16. The van der Waals surface area contributed by atoms with Crippen molar-refractivity contribution in [2.24, 2.45) is 0 Å². The summed E-state index contributed by atoms with van der Waals surface area (Å²) in [4.78, 5) is 11.5. The van der Waals surface area contributed by atoms with E-state index < -0.39 is 0 Å². The Hall–Kier alpha value is -1.79. The third-order valence-electron chi connectivity index (χ3n) is 1.85. The van der Waals surface area contributed by atoms with Crippen LogP contribution in [0.2, 0.25) is 5.02 Å². The van der Waals surface area contributed by atoms with Gasteiger partial charge in [-0.1, -0.05) is 39.4 Å². The van der Waals surface area contributed by atoms with Gasteiger partial charge in [-0.25, -0.2) is 0 Å². The molecule has 2 aromatic rings. The van der Waals surface area contributed by atoms with Gasteiger partial charge in [0.05, 0.1) is 0 Å². The molecule has 1 amide bonds. The molecule has 0 radical (unpaired) electrons. The second-order valence-electron chi connectivity index (χ2n) is 3.01. The fourth-order valence-electron chi connectivity index (χ4n) is 1.10. The average molecular weight is 267 g/mol. The van der Waals surface area contributed by atoms with Gasteiger partial charge in [-0.15, -0.1) is 0 Å². The molecule has 0 saturated carbocycles. The number of nitrogens with zero attached hydrogens (tertiary/aromatic N) is 3. The second-order valence-corrected chi connectivity index (χ2v) is 4.15.